The summed E-state index contributed by atoms with van der Waals surface area (Å²) < 4.78 is 13.4. The van der Waals surface area contributed by atoms with Crippen LogP contribution in [0.2, 0.25) is 0 Å². The van der Waals surface area contributed by atoms with Crippen molar-refractivity contribution in [1.82, 2.24) is 0 Å². The molecule has 0 aliphatic carbocycles. The Morgan fingerprint density at radius 3 is 2.36 bits per heavy atom. The summed E-state index contributed by atoms with van der Waals surface area (Å²) in [4.78, 5) is 0. The molecule has 0 amide bonds. The van der Waals surface area contributed by atoms with E-state index in [0.29, 0.717) is 19.0 Å². The summed E-state index contributed by atoms with van der Waals surface area (Å²) in [6, 6.07) is 11.5. The summed E-state index contributed by atoms with van der Waals surface area (Å²) in [5, 5.41) is 9.90. The van der Waals surface area contributed by atoms with Crippen molar-refractivity contribution < 1.29 is 19.1 Å². The minimum Gasteiger partial charge on any atom is -0.504 e. The Morgan fingerprint density at radius 1 is 1.00 bits per heavy atom. The largest absolute Gasteiger partial charge is 0.504 e. The lowest BCUT2D eigenvalue weighted by molar-refractivity contribution is -0.699. The smallest absolute Gasteiger partial charge is 0.228 e. The number of aromatic nitrogens is 1. The second kappa shape index (κ2) is 8.27. The molecule has 0 saturated heterocycles. The Morgan fingerprint density at radius 2 is 1.68 bits per heavy atom. The van der Waals surface area contributed by atoms with Gasteiger partial charge >= 0.3 is 0 Å². The molecule has 2 rings (SSSR count). The number of ether oxygens (including phenoxy) is 2. The van der Waals surface area contributed by atoms with Crippen LogP contribution in [0.1, 0.15) is 25.5 Å². The van der Waals surface area contributed by atoms with Crippen molar-refractivity contribution in [3.8, 4) is 17.2 Å². The first-order chi connectivity index (χ1) is 10.7. The van der Waals surface area contributed by atoms with Gasteiger partial charge in [0.2, 0.25) is 11.4 Å². The van der Waals surface area contributed by atoms with E-state index in [1.54, 1.807) is 6.07 Å². The summed E-state index contributed by atoms with van der Waals surface area (Å²) in [5.74, 6) is 1.67. The Labute approximate surface area is 131 Å². The summed E-state index contributed by atoms with van der Waals surface area (Å²) in [5.41, 5.74) is 0.947. The van der Waals surface area contributed by atoms with Crippen LogP contribution in [0, 0.1) is 6.92 Å². The van der Waals surface area contributed by atoms with E-state index in [2.05, 4.69) is 6.92 Å². The van der Waals surface area contributed by atoms with Crippen LogP contribution in [0.3, 0.4) is 0 Å². The van der Waals surface area contributed by atoms with E-state index >= 15 is 0 Å². The molecule has 0 aliphatic rings. The third kappa shape index (κ3) is 4.38. The molecule has 0 fully saturated rings. The Balaban J connectivity index is 1.73. The van der Waals surface area contributed by atoms with Crippen LogP contribution in [0.15, 0.2) is 42.6 Å². The van der Waals surface area contributed by atoms with Gasteiger partial charge in [-0.25, -0.2) is 0 Å². The van der Waals surface area contributed by atoms with E-state index in [1.807, 2.05) is 48.0 Å². The summed E-state index contributed by atoms with van der Waals surface area (Å²) in [6.07, 6.45) is 3.66. The number of aryl methyl sites for hydroxylation is 1. The molecule has 0 aliphatic heterocycles. The van der Waals surface area contributed by atoms with Crippen LogP contribution < -0.4 is 14.0 Å². The lowest BCUT2D eigenvalue weighted by Crippen LogP contribution is -2.35. The summed E-state index contributed by atoms with van der Waals surface area (Å²) >= 11 is 0. The number of pyridine rings is 1. The molecular formula is C18H24NO3+. The maximum absolute atomic E-state index is 9.90. The topological polar surface area (TPSA) is 42.6 Å². The second-order valence-electron chi connectivity index (χ2n) is 5.12. The average molecular weight is 302 g/mol. The monoisotopic (exact) mass is 302 g/mol. The first-order valence-corrected chi connectivity index (χ1v) is 7.75. The molecule has 0 radical (unpaired) electrons. The third-order valence-electron chi connectivity index (χ3n) is 3.54. The normalized spacial score (nSPS) is 10.5. The van der Waals surface area contributed by atoms with Crippen molar-refractivity contribution in [3.63, 3.8) is 0 Å². The molecule has 118 valence electrons. The van der Waals surface area contributed by atoms with Gasteiger partial charge in [0.05, 0.1) is 13.2 Å². The molecule has 1 aromatic carbocycles. The zero-order valence-electron chi connectivity index (χ0n) is 13.3. The fourth-order valence-corrected chi connectivity index (χ4v) is 2.27. The van der Waals surface area contributed by atoms with Crippen molar-refractivity contribution in [2.24, 2.45) is 0 Å². The van der Waals surface area contributed by atoms with Gasteiger partial charge in [-0.2, -0.15) is 4.57 Å². The van der Waals surface area contributed by atoms with E-state index in [9.17, 15) is 5.11 Å². The number of nitrogens with zero attached hydrogens (tertiary/aromatic N) is 1. The number of benzene rings is 1. The van der Waals surface area contributed by atoms with Crippen LogP contribution in [0.4, 0.5) is 0 Å². The van der Waals surface area contributed by atoms with Crippen LogP contribution in [0.25, 0.3) is 0 Å². The minimum absolute atomic E-state index is 0.197. The Hall–Kier alpha value is -2.23. The zero-order valence-corrected chi connectivity index (χ0v) is 13.3. The van der Waals surface area contributed by atoms with E-state index in [4.69, 9.17) is 9.47 Å². The highest BCUT2D eigenvalue weighted by atomic mass is 16.5. The molecule has 22 heavy (non-hydrogen) atoms. The van der Waals surface area contributed by atoms with Gasteiger partial charge in [0.15, 0.2) is 11.9 Å². The molecule has 1 aromatic heterocycles. The maximum Gasteiger partial charge on any atom is 0.228 e. The van der Waals surface area contributed by atoms with Crippen LogP contribution in [0.5, 0.6) is 17.2 Å². The maximum atomic E-state index is 9.90. The lowest BCUT2D eigenvalue weighted by Gasteiger charge is -2.10. The fourth-order valence-electron chi connectivity index (χ4n) is 2.27. The SMILES string of the molecule is CC[n+]1ccc(O)c(OCCCCOc2ccccc2)c1C. The van der Waals surface area contributed by atoms with E-state index in [1.165, 1.54) is 0 Å². The quantitative estimate of drug-likeness (QED) is 0.601. The molecule has 0 unspecified atom stereocenters. The average Bonchev–Trinajstić information content (AvgIpc) is 2.54. The van der Waals surface area contributed by atoms with Crippen molar-refractivity contribution in [2.45, 2.75) is 33.2 Å². The van der Waals surface area contributed by atoms with Crippen molar-refractivity contribution in [2.75, 3.05) is 13.2 Å². The van der Waals surface area contributed by atoms with Gasteiger partial charge in [-0.05, 0) is 31.9 Å². The third-order valence-corrected chi connectivity index (χ3v) is 3.54. The molecule has 4 heteroatoms. The molecule has 1 N–H and O–H groups in total. The van der Waals surface area contributed by atoms with Gasteiger partial charge in [-0.3, -0.25) is 0 Å². The number of rotatable bonds is 8. The first kappa shape index (κ1) is 16.1. The van der Waals surface area contributed by atoms with Crippen LogP contribution in [-0.4, -0.2) is 18.3 Å². The van der Waals surface area contributed by atoms with Gasteiger partial charge in [-0.1, -0.05) is 18.2 Å². The molecule has 4 nitrogen and oxygen atoms in total. The van der Waals surface area contributed by atoms with Gasteiger partial charge in [-0.15, -0.1) is 0 Å². The van der Waals surface area contributed by atoms with E-state index in [0.717, 1.165) is 30.8 Å². The summed E-state index contributed by atoms with van der Waals surface area (Å²) in [7, 11) is 0. The number of para-hydroxylation sites is 1. The van der Waals surface area contributed by atoms with E-state index < -0.39 is 0 Å². The second-order valence-corrected chi connectivity index (χ2v) is 5.12. The highest BCUT2D eigenvalue weighted by molar-refractivity contribution is 5.38. The predicted molar refractivity (Wildman–Crippen MR) is 85.4 cm³/mol. The van der Waals surface area contributed by atoms with Gasteiger partial charge < -0.3 is 14.6 Å². The van der Waals surface area contributed by atoms with E-state index in [-0.39, 0.29) is 5.75 Å². The first-order valence-electron chi connectivity index (χ1n) is 7.75. The highest BCUT2D eigenvalue weighted by Crippen LogP contribution is 2.26. The van der Waals surface area contributed by atoms with Crippen molar-refractivity contribution in [3.05, 3.63) is 48.3 Å². The molecular weight excluding hydrogens is 278 g/mol. The van der Waals surface area contributed by atoms with Crippen LogP contribution in [-0.2, 0) is 6.54 Å². The fraction of sp³-hybridized carbons (Fsp3) is 0.389. The minimum atomic E-state index is 0.197. The lowest BCUT2D eigenvalue weighted by atomic mass is 10.3. The van der Waals surface area contributed by atoms with Gasteiger partial charge in [0, 0.05) is 13.0 Å². The van der Waals surface area contributed by atoms with Gasteiger partial charge in [0.1, 0.15) is 12.3 Å². The molecule has 2 aromatic rings. The molecule has 0 atom stereocenters. The Kier molecular flexibility index (Phi) is 6.07. The van der Waals surface area contributed by atoms with Crippen molar-refractivity contribution in [1.29, 1.82) is 0 Å². The van der Waals surface area contributed by atoms with Crippen molar-refractivity contribution >= 4 is 0 Å². The number of aromatic hydroxyl groups is 1. The summed E-state index contributed by atoms with van der Waals surface area (Å²) in [6.45, 7) is 6.11. The molecule has 0 saturated carbocycles. The number of hydrogen-bond acceptors (Lipinski definition) is 3. The number of hydrogen-bond donors (Lipinski definition) is 1. The highest BCUT2D eigenvalue weighted by Gasteiger charge is 2.16. The number of unbranched alkanes of at least 4 members (excludes halogenated alkanes) is 1. The standard InChI is InChI=1S/C18H23NO3/c1-3-19-12-11-17(20)18(15(19)2)22-14-8-7-13-21-16-9-5-4-6-10-16/h4-6,9-12H,3,7-8,13-14H2,1-2H3/p+1. The zero-order chi connectivity index (χ0) is 15.8. The molecule has 1 heterocycles. The predicted octanol–water partition coefficient (Wildman–Crippen LogP) is 3.25. The van der Waals surface area contributed by atoms with Gasteiger partial charge in [0.25, 0.3) is 0 Å². The van der Waals surface area contributed by atoms with Crippen LogP contribution >= 0.6 is 0 Å². The molecule has 0 spiro atoms. The Bertz CT molecular complexity index is 584. The molecule has 0 bridgehead atoms.